The summed E-state index contributed by atoms with van der Waals surface area (Å²) in [6.45, 7) is 3.31. The highest BCUT2D eigenvalue weighted by Gasteiger charge is 2.32. The predicted octanol–water partition coefficient (Wildman–Crippen LogP) is 1.12. The summed E-state index contributed by atoms with van der Waals surface area (Å²) in [5.41, 5.74) is -1.12. The topological polar surface area (TPSA) is 117 Å². The van der Waals surface area contributed by atoms with E-state index in [1.807, 2.05) is 6.92 Å². The Balaban J connectivity index is 1.84. The van der Waals surface area contributed by atoms with Gasteiger partial charge in [0, 0.05) is 5.92 Å². The molecule has 8 heteroatoms. The Kier molecular flexibility index (Phi) is 4.56. The van der Waals surface area contributed by atoms with E-state index in [0.29, 0.717) is 24.7 Å². The van der Waals surface area contributed by atoms with E-state index in [0.717, 1.165) is 12.8 Å². The van der Waals surface area contributed by atoms with Crippen LogP contribution >= 0.6 is 0 Å². The Morgan fingerprint density at radius 1 is 1.43 bits per heavy atom. The Labute approximate surface area is 122 Å². The zero-order valence-electron chi connectivity index (χ0n) is 12.2. The minimum absolute atomic E-state index is 0.0521. The molecule has 0 aromatic carbocycles. The number of carbonyl (C=O) groups excluding carboxylic acids is 1. The number of anilines is 1. The molecule has 1 saturated carbocycles. The van der Waals surface area contributed by atoms with Crippen molar-refractivity contribution in [1.82, 2.24) is 15.5 Å². The van der Waals surface area contributed by atoms with Crippen molar-refractivity contribution >= 4 is 17.9 Å². The molecular formula is C13H20N4O4. The quantitative estimate of drug-likeness (QED) is 0.658. The van der Waals surface area contributed by atoms with Crippen LogP contribution < -0.4 is 10.6 Å². The van der Waals surface area contributed by atoms with E-state index in [9.17, 15) is 14.7 Å². The van der Waals surface area contributed by atoms with Gasteiger partial charge in [-0.3, -0.25) is 20.2 Å². The smallest absolute Gasteiger partial charge is 0.323 e. The summed E-state index contributed by atoms with van der Waals surface area (Å²) in [5, 5.41) is 22.0. The molecular weight excluding hydrogens is 276 g/mol. The van der Waals surface area contributed by atoms with Crippen molar-refractivity contribution in [2.75, 3.05) is 11.9 Å². The highest BCUT2D eigenvalue weighted by atomic mass is 16.4. The number of aromatic nitrogens is 2. The number of amides is 1. The summed E-state index contributed by atoms with van der Waals surface area (Å²) in [6.07, 6.45) is 3.20. The van der Waals surface area contributed by atoms with Crippen LogP contribution in [0, 0.1) is 0 Å². The van der Waals surface area contributed by atoms with E-state index >= 15 is 0 Å². The Morgan fingerprint density at radius 2 is 2.14 bits per heavy atom. The highest BCUT2D eigenvalue weighted by Crippen LogP contribution is 2.39. The number of nitrogens with one attached hydrogen (secondary N) is 2. The Morgan fingerprint density at radius 3 is 2.71 bits per heavy atom. The summed E-state index contributed by atoms with van der Waals surface area (Å²) in [6, 6.07) is 0.0521. The molecule has 2 rings (SSSR count). The fourth-order valence-corrected chi connectivity index (χ4v) is 1.99. The number of carboxylic acid groups (broad SMARTS) is 1. The SMILES string of the molecule is CCCC(C)(NCC(=O)Nc1nnc(C2CC2)o1)C(=O)O. The second-order valence-corrected chi connectivity index (χ2v) is 5.51. The van der Waals surface area contributed by atoms with Gasteiger partial charge in [0.05, 0.1) is 6.54 Å². The fourth-order valence-electron chi connectivity index (χ4n) is 1.99. The first-order valence-electron chi connectivity index (χ1n) is 7.06. The number of hydrogen-bond acceptors (Lipinski definition) is 6. The van der Waals surface area contributed by atoms with Gasteiger partial charge in [0.1, 0.15) is 5.54 Å². The number of hydrogen-bond donors (Lipinski definition) is 3. The van der Waals surface area contributed by atoms with Gasteiger partial charge in [-0.25, -0.2) is 0 Å². The lowest BCUT2D eigenvalue weighted by molar-refractivity contribution is -0.144. The average molecular weight is 296 g/mol. The van der Waals surface area contributed by atoms with Gasteiger partial charge in [-0.1, -0.05) is 18.4 Å². The number of carbonyl (C=O) groups is 2. The lowest BCUT2D eigenvalue weighted by Gasteiger charge is -2.25. The molecule has 0 aliphatic heterocycles. The van der Waals surface area contributed by atoms with Crippen molar-refractivity contribution in [3.63, 3.8) is 0 Å². The molecule has 1 fully saturated rings. The molecule has 0 spiro atoms. The first-order valence-corrected chi connectivity index (χ1v) is 7.06. The molecule has 1 unspecified atom stereocenters. The normalized spacial score (nSPS) is 17.2. The van der Waals surface area contributed by atoms with E-state index in [1.165, 1.54) is 0 Å². The molecule has 21 heavy (non-hydrogen) atoms. The first-order chi connectivity index (χ1) is 9.94. The second kappa shape index (κ2) is 6.21. The molecule has 116 valence electrons. The third kappa shape index (κ3) is 4.01. The van der Waals surface area contributed by atoms with Crippen LogP contribution in [0.2, 0.25) is 0 Å². The zero-order valence-corrected chi connectivity index (χ0v) is 12.2. The molecule has 3 N–H and O–H groups in total. The van der Waals surface area contributed by atoms with Crippen molar-refractivity contribution in [2.24, 2.45) is 0 Å². The van der Waals surface area contributed by atoms with Crippen LogP contribution in [0.15, 0.2) is 4.42 Å². The third-order valence-corrected chi connectivity index (χ3v) is 3.47. The van der Waals surface area contributed by atoms with Crippen molar-refractivity contribution in [2.45, 2.75) is 51.0 Å². The molecule has 1 aromatic heterocycles. The van der Waals surface area contributed by atoms with Crippen LogP contribution in [-0.2, 0) is 9.59 Å². The van der Waals surface area contributed by atoms with Crippen LogP contribution in [0.3, 0.4) is 0 Å². The number of aliphatic carboxylic acids is 1. The van der Waals surface area contributed by atoms with Gasteiger partial charge in [0.15, 0.2) is 0 Å². The van der Waals surface area contributed by atoms with Crippen LogP contribution in [0.25, 0.3) is 0 Å². The molecule has 1 aromatic rings. The van der Waals surface area contributed by atoms with Crippen molar-refractivity contribution in [1.29, 1.82) is 0 Å². The minimum atomic E-state index is -1.12. The summed E-state index contributed by atoms with van der Waals surface area (Å²) in [4.78, 5) is 23.0. The zero-order chi connectivity index (χ0) is 15.5. The maximum Gasteiger partial charge on any atom is 0.323 e. The summed E-state index contributed by atoms with van der Waals surface area (Å²) in [7, 11) is 0. The van der Waals surface area contributed by atoms with Crippen LogP contribution in [-0.4, -0.2) is 39.3 Å². The Bertz CT molecular complexity index is 526. The molecule has 1 heterocycles. The molecule has 1 aliphatic rings. The lowest BCUT2D eigenvalue weighted by Crippen LogP contribution is -2.51. The Hall–Kier alpha value is -1.96. The van der Waals surface area contributed by atoms with E-state index < -0.39 is 17.4 Å². The van der Waals surface area contributed by atoms with Gasteiger partial charge >= 0.3 is 12.0 Å². The van der Waals surface area contributed by atoms with Gasteiger partial charge in [0.25, 0.3) is 0 Å². The van der Waals surface area contributed by atoms with Gasteiger partial charge in [-0.05, 0) is 26.2 Å². The molecule has 0 saturated heterocycles. The highest BCUT2D eigenvalue weighted by molar-refractivity contribution is 5.91. The summed E-state index contributed by atoms with van der Waals surface area (Å²) < 4.78 is 5.31. The summed E-state index contributed by atoms with van der Waals surface area (Å²) in [5.74, 6) is -0.531. The minimum Gasteiger partial charge on any atom is -0.480 e. The van der Waals surface area contributed by atoms with Crippen LogP contribution in [0.4, 0.5) is 6.01 Å². The van der Waals surface area contributed by atoms with Crippen LogP contribution in [0.5, 0.6) is 0 Å². The van der Waals surface area contributed by atoms with Crippen molar-refractivity contribution in [3.8, 4) is 0 Å². The number of carboxylic acids is 1. The maximum absolute atomic E-state index is 11.8. The van der Waals surface area contributed by atoms with Gasteiger partial charge in [0.2, 0.25) is 11.8 Å². The van der Waals surface area contributed by atoms with Gasteiger partial charge in [-0.2, -0.15) is 0 Å². The van der Waals surface area contributed by atoms with E-state index in [2.05, 4.69) is 20.8 Å². The molecule has 8 nitrogen and oxygen atoms in total. The largest absolute Gasteiger partial charge is 0.480 e. The second-order valence-electron chi connectivity index (χ2n) is 5.51. The fraction of sp³-hybridized carbons (Fsp3) is 0.692. The lowest BCUT2D eigenvalue weighted by atomic mass is 9.96. The third-order valence-electron chi connectivity index (χ3n) is 3.47. The maximum atomic E-state index is 11.8. The van der Waals surface area contributed by atoms with Crippen molar-refractivity contribution in [3.05, 3.63) is 5.89 Å². The average Bonchev–Trinajstić information content (AvgIpc) is 3.18. The number of rotatable bonds is 8. The molecule has 1 atom stereocenters. The molecule has 1 aliphatic carbocycles. The molecule has 0 radical (unpaired) electrons. The van der Waals surface area contributed by atoms with E-state index in [-0.39, 0.29) is 12.6 Å². The van der Waals surface area contributed by atoms with E-state index in [1.54, 1.807) is 6.92 Å². The molecule has 1 amide bonds. The molecule has 0 bridgehead atoms. The van der Waals surface area contributed by atoms with Crippen molar-refractivity contribution < 1.29 is 19.1 Å². The standard InChI is InChI=1S/C13H20N4O4/c1-3-6-13(2,11(19)20)14-7-9(18)15-12-17-16-10(21-12)8-4-5-8/h8,14H,3-7H2,1-2H3,(H,19,20)(H,15,17,18). The van der Waals surface area contributed by atoms with E-state index in [4.69, 9.17) is 4.42 Å². The summed E-state index contributed by atoms with van der Waals surface area (Å²) >= 11 is 0. The monoisotopic (exact) mass is 296 g/mol. The predicted molar refractivity (Wildman–Crippen MR) is 73.9 cm³/mol. The first kappa shape index (κ1) is 15.4. The van der Waals surface area contributed by atoms with Gasteiger partial charge < -0.3 is 9.52 Å². The van der Waals surface area contributed by atoms with Gasteiger partial charge in [-0.15, -0.1) is 5.10 Å². The number of nitrogens with zero attached hydrogens (tertiary/aromatic N) is 2. The van der Waals surface area contributed by atoms with Crippen LogP contribution in [0.1, 0.15) is 51.3 Å².